The molecule has 114 valence electrons. The lowest BCUT2D eigenvalue weighted by molar-refractivity contribution is -0.156. The van der Waals surface area contributed by atoms with Gasteiger partial charge in [-0.2, -0.15) is 0 Å². The Balaban J connectivity index is 1.90. The number of carboxylic acid groups (broad SMARTS) is 1. The molecule has 1 N–H and O–H groups in total. The van der Waals surface area contributed by atoms with Crippen molar-refractivity contribution in [2.45, 2.75) is 19.9 Å². The lowest BCUT2D eigenvalue weighted by Gasteiger charge is -2.33. The fourth-order valence-electron chi connectivity index (χ4n) is 2.14. The highest BCUT2D eigenvalue weighted by atomic mass is 16.4. The number of aromatic carboxylic acids is 1. The molecule has 0 aliphatic carbocycles. The highest BCUT2D eigenvalue weighted by Crippen LogP contribution is 2.06. The third kappa shape index (κ3) is 3.36. The highest BCUT2D eigenvalue weighted by Gasteiger charge is 2.31. The molecule has 1 aromatic rings. The molecule has 9 heteroatoms. The van der Waals surface area contributed by atoms with Crippen molar-refractivity contribution in [3.63, 3.8) is 0 Å². The molecule has 0 spiro atoms. The van der Waals surface area contributed by atoms with E-state index >= 15 is 0 Å². The van der Waals surface area contributed by atoms with Crippen LogP contribution in [0, 0.1) is 0 Å². The molecular formula is C12H17N5O4. The van der Waals surface area contributed by atoms with Crippen LogP contribution < -0.4 is 0 Å². The molecule has 0 radical (unpaired) electrons. The summed E-state index contributed by atoms with van der Waals surface area (Å²) in [6.07, 6.45) is 2.11. The Morgan fingerprint density at radius 2 is 1.81 bits per heavy atom. The van der Waals surface area contributed by atoms with Crippen molar-refractivity contribution in [1.82, 2.24) is 24.8 Å². The number of rotatable bonds is 6. The molecule has 0 aromatic carbocycles. The number of piperazine rings is 1. The summed E-state index contributed by atoms with van der Waals surface area (Å²) in [5.74, 6) is -2.15. The fraction of sp³-hybridized carbons (Fsp3) is 0.583. The van der Waals surface area contributed by atoms with Crippen molar-refractivity contribution in [2.24, 2.45) is 0 Å². The maximum Gasteiger partial charge on any atom is 0.358 e. The van der Waals surface area contributed by atoms with Crippen LogP contribution >= 0.6 is 0 Å². The Kier molecular flexibility index (Phi) is 4.51. The van der Waals surface area contributed by atoms with Gasteiger partial charge >= 0.3 is 17.8 Å². The second kappa shape index (κ2) is 6.33. The first-order valence-electron chi connectivity index (χ1n) is 6.74. The number of aromatic nitrogens is 3. The number of carboxylic acids is 1. The Morgan fingerprint density at radius 1 is 1.19 bits per heavy atom. The minimum Gasteiger partial charge on any atom is -0.476 e. The van der Waals surface area contributed by atoms with Crippen LogP contribution in [0.4, 0.5) is 0 Å². The van der Waals surface area contributed by atoms with Gasteiger partial charge in [-0.1, -0.05) is 12.1 Å². The summed E-state index contributed by atoms with van der Waals surface area (Å²) in [7, 11) is 0. The van der Waals surface area contributed by atoms with Crippen LogP contribution in [0.3, 0.4) is 0 Å². The Labute approximate surface area is 121 Å². The average Bonchev–Trinajstić information content (AvgIpc) is 2.92. The van der Waals surface area contributed by atoms with Gasteiger partial charge in [0.15, 0.2) is 5.69 Å². The van der Waals surface area contributed by atoms with Gasteiger partial charge < -0.3 is 14.9 Å². The number of hydrogen-bond donors (Lipinski definition) is 1. The van der Waals surface area contributed by atoms with Gasteiger partial charge in [-0.25, -0.2) is 9.48 Å². The van der Waals surface area contributed by atoms with Crippen LogP contribution in [-0.2, 0) is 16.1 Å². The van der Waals surface area contributed by atoms with Crippen molar-refractivity contribution in [2.75, 3.05) is 26.2 Å². The first kappa shape index (κ1) is 14.9. The monoisotopic (exact) mass is 295 g/mol. The Hall–Kier alpha value is -2.45. The standard InChI is InChI=1S/C12H17N5O4/c1-2-3-15-4-5-16(11(19)10(15)18)6-7-17-8-9(12(20)21)13-14-17/h8H,2-7H2,1H3,(H,20,21). The van der Waals surface area contributed by atoms with Gasteiger partial charge in [0.05, 0.1) is 12.7 Å². The van der Waals surface area contributed by atoms with Crippen LogP contribution in [0.25, 0.3) is 0 Å². The molecule has 21 heavy (non-hydrogen) atoms. The lowest BCUT2D eigenvalue weighted by Crippen LogP contribution is -2.54. The molecule has 1 aromatic heterocycles. The minimum absolute atomic E-state index is 0.148. The molecule has 1 fully saturated rings. The van der Waals surface area contributed by atoms with E-state index in [1.165, 1.54) is 15.8 Å². The van der Waals surface area contributed by atoms with Crippen molar-refractivity contribution >= 4 is 17.8 Å². The van der Waals surface area contributed by atoms with Gasteiger partial charge in [0.25, 0.3) is 0 Å². The van der Waals surface area contributed by atoms with E-state index in [9.17, 15) is 14.4 Å². The van der Waals surface area contributed by atoms with Gasteiger partial charge in [-0.15, -0.1) is 5.10 Å². The van der Waals surface area contributed by atoms with Gasteiger partial charge in [0.1, 0.15) is 0 Å². The van der Waals surface area contributed by atoms with Gasteiger partial charge in [-0.3, -0.25) is 9.59 Å². The van der Waals surface area contributed by atoms with Crippen molar-refractivity contribution in [3.05, 3.63) is 11.9 Å². The number of carbonyl (C=O) groups excluding carboxylic acids is 2. The van der Waals surface area contributed by atoms with Crippen molar-refractivity contribution < 1.29 is 19.5 Å². The number of hydrogen-bond acceptors (Lipinski definition) is 5. The maximum absolute atomic E-state index is 11.9. The number of carbonyl (C=O) groups is 3. The second-order valence-corrected chi connectivity index (χ2v) is 4.76. The van der Waals surface area contributed by atoms with E-state index in [1.807, 2.05) is 6.92 Å². The quantitative estimate of drug-likeness (QED) is 0.678. The molecular weight excluding hydrogens is 278 g/mol. The van der Waals surface area contributed by atoms with E-state index in [0.717, 1.165) is 6.42 Å². The van der Waals surface area contributed by atoms with Crippen molar-refractivity contribution in [3.8, 4) is 0 Å². The van der Waals surface area contributed by atoms with E-state index in [4.69, 9.17) is 5.11 Å². The summed E-state index contributed by atoms with van der Waals surface area (Å²) in [6, 6.07) is 0. The molecule has 2 rings (SSSR count). The molecule has 2 heterocycles. The topological polar surface area (TPSA) is 109 Å². The predicted octanol–water partition coefficient (Wildman–Crippen LogP) is -0.943. The van der Waals surface area contributed by atoms with Crippen LogP contribution in [0.5, 0.6) is 0 Å². The summed E-state index contributed by atoms with van der Waals surface area (Å²) in [5, 5.41) is 15.9. The molecule has 1 saturated heterocycles. The van der Waals surface area contributed by atoms with Crippen LogP contribution in [0.1, 0.15) is 23.8 Å². The highest BCUT2D eigenvalue weighted by molar-refractivity contribution is 6.35. The van der Waals surface area contributed by atoms with Crippen LogP contribution in [0.15, 0.2) is 6.20 Å². The Bertz CT molecular complexity index is 556. The Morgan fingerprint density at radius 3 is 2.33 bits per heavy atom. The first-order chi connectivity index (χ1) is 10.0. The normalized spacial score (nSPS) is 15.7. The zero-order valence-electron chi connectivity index (χ0n) is 11.7. The third-order valence-corrected chi connectivity index (χ3v) is 3.25. The smallest absolute Gasteiger partial charge is 0.358 e. The fourth-order valence-corrected chi connectivity index (χ4v) is 2.14. The van der Waals surface area contributed by atoms with Gasteiger partial charge in [0.2, 0.25) is 0 Å². The SMILES string of the molecule is CCCN1CCN(CCn2cc(C(=O)O)nn2)C(=O)C1=O. The van der Waals surface area contributed by atoms with E-state index in [-0.39, 0.29) is 5.69 Å². The molecule has 0 saturated carbocycles. The van der Waals surface area contributed by atoms with Crippen LogP contribution in [-0.4, -0.2) is 73.9 Å². The zero-order chi connectivity index (χ0) is 15.4. The molecule has 1 aliphatic rings. The molecule has 1 aliphatic heterocycles. The zero-order valence-corrected chi connectivity index (χ0v) is 11.7. The van der Waals surface area contributed by atoms with Gasteiger partial charge in [-0.05, 0) is 6.42 Å². The first-order valence-corrected chi connectivity index (χ1v) is 6.74. The predicted molar refractivity (Wildman–Crippen MR) is 70.4 cm³/mol. The molecule has 0 unspecified atom stereocenters. The average molecular weight is 295 g/mol. The maximum atomic E-state index is 11.9. The molecule has 0 atom stereocenters. The van der Waals surface area contributed by atoms with Crippen LogP contribution in [0.2, 0.25) is 0 Å². The molecule has 0 bridgehead atoms. The summed E-state index contributed by atoms with van der Waals surface area (Å²) in [6.45, 7) is 4.14. The van der Waals surface area contributed by atoms with Gasteiger partial charge in [0, 0.05) is 26.2 Å². The summed E-state index contributed by atoms with van der Waals surface area (Å²) in [4.78, 5) is 37.5. The van der Waals surface area contributed by atoms with E-state index < -0.39 is 17.8 Å². The number of nitrogens with zero attached hydrogens (tertiary/aromatic N) is 5. The van der Waals surface area contributed by atoms with E-state index in [0.29, 0.717) is 32.7 Å². The minimum atomic E-state index is -1.15. The van der Waals surface area contributed by atoms with E-state index in [1.54, 1.807) is 4.90 Å². The number of amides is 2. The third-order valence-electron chi connectivity index (χ3n) is 3.25. The molecule has 2 amide bonds. The summed E-state index contributed by atoms with van der Waals surface area (Å²) < 4.78 is 1.35. The van der Waals surface area contributed by atoms with E-state index in [2.05, 4.69) is 10.3 Å². The second-order valence-electron chi connectivity index (χ2n) is 4.76. The molecule has 9 nitrogen and oxygen atoms in total. The summed E-state index contributed by atoms with van der Waals surface area (Å²) in [5.41, 5.74) is -0.148. The van der Waals surface area contributed by atoms with Crippen molar-refractivity contribution in [1.29, 1.82) is 0 Å². The largest absolute Gasteiger partial charge is 0.476 e. The lowest BCUT2D eigenvalue weighted by atomic mass is 10.2. The summed E-state index contributed by atoms with van der Waals surface area (Å²) >= 11 is 0.